The van der Waals surface area contributed by atoms with E-state index in [9.17, 15) is 10.2 Å². The standard InChI is InChI=1S/C22H14O2/c23-21-14-20(15-22(24)16-21)13-12-19-10-8-18(9-11-19)7-6-17-4-2-1-3-5-17/h1-5,8-11,14-16,23-24H. The van der Waals surface area contributed by atoms with Gasteiger partial charge in [0.2, 0.25) is 0 Å². The molecule has 2 nitrogen and oxygen atoms in total. The fraction of sp³-hybridized carbons (Fsp3) is 0. The molecule has 0 radical (unpaired) electrons. The van der Waals surface area contributed by atoms with Crippen LogP contribution in [0.3, 0.4) is 0 Å². The summed E-state index contributed by atoms with van der Waals surface area (Å²) in [7, 11) is 0. The lowest BCUT2D eigenvalue weighted by atomic mass is 10.1. The van der Waals surface area contributed by atoms with Crippen LogP contribution in [-0.2, 0) is 0 Å². The molecule has 0 fully saturated rings. The van der Waals surface area contributed by atoms with Crippen molar-refractivity contribution in [2.75, 3.05) is 0 Å². The maximum atomic E-state index is 9.44. The summed E-state index contributed by atoms with van der Waals surface area (Å²) in [6, 6.07) is 21.7. The van der Waals surface area contributed by atoms with E-state index in [2.05, 4.69) is 23.7 Å². The van der Waals surface area contributed by atoms with Gasteiger partial charge in [-0.1, -0.05) is 41.9 Å². The van der Waals surface area contributed by atoms with Crippen molar-refractivity contribution < 1.29 is 10.2 Å². The van der Waals surface area contributed by atoms with Crippen LogP contribution in [0.4, 0.5) is 0 Å². The summed E-state index contributed by atoms with van der Waals surface area (Å²) in [6.45, 7) is 0. The first kappa shape index (κ1) is 15.3. The molecule has 0 amide bonds. The van der Waals surface area contributed by atoms with Crippen molar-refractivity contribution in [1.82, 2.24) is 0 Å². The maximum absolute atomic E-state index is 9.44. The van der Waals surface area contributed by atoms with E-state index in [4.69, 9.17) is 0 Å². The fourth-order valence-corrected chi connectivity index (χ4v) is 2.11. The topological polar surface area (TPSA) is 40.5 Å². The van der Waals surface area contributed by atoms with Crippen LogP contribution in [0.25, 0.3) is 0 Å². The molecule has 0 aliphatic heterocycles. The summed E-state index contributed by atoms with van der Waals surface area (Å²) >= 11 is 0. The van der Waals surface area contributed by atoms with Gasteiger partial charge in [-0.05, 0) is 48.5 Å². The summed E-state index contributed by atoms with van der Waals surface area (Å²) in [5, 5.41) is 18.9. The number of phenols is 2. The minimum atomic E-state index is -0.00849. The van der Waals surface area contributed by atoms with Crippen molar-refractivity contribution in [3.05, 3.63) is 95.1 Å². The summed E-state index contributed by atoms with van der Waals surface area (Å²) < 4.78 is 0. The molecule has 0 unspecified atom stereocenters. The first-order valence-corrected chi connectivity index (χ1v) is 7.41. The molecule has 0 saturated carbocycles. The SMILES string of the molecule is Oc1cc(O)cc(C#Cc2ccc(C#Cc3ccccc3)cc2)c1. The number of phenolic OH excluding ortho intramolecular Hbond substituents is 2. The van der Waals surface area contributed by atoms with Crippen LogP contribution in [0.1, 0.15) is 22.3 Å². The van der Waals surface area contributed by atoms with E-state index in [0.29, 0.717) is 5.56 Å². The molecule has 0 heterocycles. The third-order valence-corrected chi connectivity index (χ3v) is 3.26. The first-order chi connectivity index (χ1) is 11.7. The highest BCUT2D eigenvalue weighted by Gasteiger charge is 1.96. The Bertz CT molecular complexity index is 943. The Morgan fingerprint density at radius 2 is 0.875 bits per heavy atom. The molecule has 114 valence electrons. The Labute approximate surface area is 141 Å². The zero-order valence-electron chi connectivity index (χ0n) is 12.8. The minimum Gasteiger partial charge on any atom is -0.508 e. The van der Waals surface area contributed by atoms with Crippen molar-refractivity contribution in [2.24, 2.45) is 0 Å². The van der Waals surface area contributed by atoms with Gasteiger partial charge in [-0.15, -0.1) is 0 Å². The number of rotatable bonds is 0. The van der Waals surface area contributed by atoms with E-state index in [1.807, 2.05) is 54.6 Å². The van der Waals surface area contributed by atoms with E-state index in [1.165, 1.54) is 18.2 Å². The van der Waals surface area contributed by atoms with Crippen LogP contribution in [0.5, 0.6) is 11.5 Å². The Hall–Kier alpha value is -3.62. The maximum Gasteiger partial charge on any atom is 0.120 e. The number of hydrogen-bond acceptors (Lipinski definition) is 2. The van der Waals surface area contributed by atoms with Gasteiger partial charge in [-0.3, -0.25) is 0 Å². The summed E-state index contributed by atoms with van der Waals surface area (Å²) in [5.74, 6) is 12.1. The second-order valence-electron chi connectivity index (χ2n) is 5.18. The summed E-state index contributed by atoms with van der Waals surface area (Å²) in [4.78, 5) is 0. The van der Waals surface area contributed by atoms with Crippen LogP contribution >= 0.6 is 0 Å². The van der Waals surface area contributed by atoms with E-state index in [-0.39, 0.29) is 11.5 Å². The predicted octanol–water partition coefficient (Wildman–Crippen LogP) is 3.90. The van der Waals surface area contributed by atoms with Crippen LogP contribution in [0.2, 0.25) is 0 Å². The van der Waals surface area contributed by atoms with Crippen molar-refractivity contribution >= 4 is 0 Å². The molecule has 3 rings (SSSR count). The van der Waals surface area contributed by atoms with Crippen molar-refractivity contribution in [1.29, 1.82) is 0 Å². The minimum absolute atomic E-state index is 0.00849. The third kappa shape index (κ3) is 4.19. The highest BCUT2D eigenvalue weighted by molar-refractivity contribution is 5.50. The molecule has 3 aromatic carbocycles. The number of hydrogen-bond donors (Lipinski definition) is 2. The molecule has 0 aliphatic rings. The van der Waals surface area contributed by atoms with Gasteiger partial charge >= 0.3 is 0 Å². The Morgan fingerprint density at radius 1 is 0.458 bits per heavy atom. The summed E-state index contributed by atoms with van der Waals surface area (Å²) in [6.07, 6.45) is 0. The zero-order valence-corrected chi connectivity index (χ0v) is 12.8. The van der Waals surface area contributed by atoms with E-state index >= 15 is 0 Å². The lowest BCUT2D eigenvalue weighted by Gasteiger charge is -1.96. The fourth-order valence-electron chi connectivity index (χ4n) is 2.11. The first-order valence-electron chi connectivity index (χ1n) is 7.41. The molecule has 3 aromatic rings. The second-order valence-corrected chi connectivity index (χ2v) is 5.18. The Kier molecular flexibility index (Phi) is 4.52. The predicted molar refractivity (Wildman–Crippen MR) is 94.6 cm³/mol. The quantitative estimate of drug-likeness (QED) is 0.618. The van der Waals surface area contributed by atoms with Gasteiger partial charge in [-0.2, -0.15) is 0 Å². The second kappa shape index (κ2) is 7.09. The highest BCUT2D eigenvalue weighted by Crippen LogP contribution is 2.19. The molecular weight excluding hydrogens is 296 g/mol. The van der Waals surface area contributed by atoms with Gasteiger partial charge in [0.1, 0.15) is 11.5 Å². The van der Waals surface area contributed by atoms with Gasteiger partial charge in [0, 0.05) is 28.3 Å². The van der Waals surface area contributed by atoms with Crippen LogP contribution in [-0.4, -0.2) is 10.2 Å². The highest BCUT2D eigenvalue weighted by atomic mass is 16.3. The largest absolute Gasteiger partial charge is 0.508 e. The van der Waals surface area contributed by atoms with Gasteiger partial charge in [-0.25, -0.2) is 0 Å². The van der Waals surface area contributed by atoms with Gasteiger partial charge < -0.3 is 10.2 Å². The molecule has 0 bridgehead atoms. The zero-order chi connectivity index (χ0) is 16.8. The smallest absolute Gasteiger partial charge is 0.120 e. The molecule has 2 heteroatoms. The molecule has 2 N–H and O–H groups in total. The van der Waals surface area contributed by atoms with Gasteiger partial charge in [0.25, 0.3) is 0 Å². The van der Waals surface area contributed by atoms with Crippen LogP contribution in [0.15, 0.2) is 72.8 Å². The monoisotopic (exact) mass is 310 g/mol. The molecule has 0 aromatic heterocycles. The van der Waals surface area contributed by atoms with Gasteiger partial charge in [0.15, 0.2) is 0 Å². The van der Waals surface area contributed by atoms with Crippen molar-refractivity contribution in [3.63, 3.8) is 0 Å². The van der Waals surface area contributed by atoms with E-state index < -0.39 is 0 Å². The molecule has 0 spiro atoms. The van der Waals surface area contributed by atoms with Crippen LogP contribution in [0, 0.1) is 23.7 Å². The Morgan fingerprint density at radius 3 is 1.38 bits per heavy atom. The lowest BCUT2D eigenvalue weighted by Crippen LogP contribution is -1.79. The van der Waals surface area contributed by atoms with E-state index in [1.54, 1.807) is 0 Å². The third-order valence-electron chi connectivity index (χ3n) is 3.26. The average Bonchev–Trinajstić information content (AvgIpc) is 2.59. The van der Waals surface area contributed by atoms with Gasteiger partial charge in [0.05, 0.1) is 0 Å². The molecular formula is C22H14O2. The molecule has 0 saturated heterocycles. The average molecular weight is 310 g/mol. The molecule has 24 heavy (non-hydrogen) atoms. The Balaban J connectivity index is 1.76. The van der Waals surface area contributed by atoms with Crippen molar-refractivity contribution in [2.45, 2.75) is 0 Å². The van der Waals surface area contributed by atoms with Crippen LogP contribution < -0.4 is 0 Å². The van der Waals surface area contributed by atoms with E-state index in [0.717, 1.165) is 16.7 Å². The number of aromatic hydroxyl groups is 2. The lowest BCUT2D eigenvalue weighted by molar-refractivity contribution is 0.450. The molecule has 0 aliphatic carbocycles. The molecule has 0 atom stereocenters. The van der Waals surface area contributed by atoms with Crippen molar-refractivity contribution in [3.8, 4) is 35.2 Å². The normalized spacial score (nSPS) is 9.33. The summed E-state index contributed by atoms with van der Waals surface area (Å²) in [5.41, 5.74) is 3.29. The number of benzene rings is 3.